The van der Waals surface area contributed by atoms with E-state index in [1.165, 1.54) is 11.3 Å². The number of nitrogens with zero attached hydrogens (tertiary/aromatic N) is 2. The van der Waals surface area contributed by atoms with E-state index in [2.05, 4.69) is 15.2 Å². The molecule has 0 saturated carbocycles. The third-order valence-electron chi connectivity index (χ3n) is 2.52. The summed E-state index contributed by atoms with van der Waals surface area (Å²) in [6.07, 6.45) is 0. The first-order chi connectivity index (χ1) is 8.25. The number of aromatic nitrogens is 3. The summed E-state index contributed by atoms with van der Waals surface area (Å²) in [5.74, 6) is 0. The number of H-pyrrole nitrogens is 1. The summed E-state index contributed by atoms with van der Waals surface area (Å²) in [4.78, 5) is 16.0. The summed E-state index contributed by atoms with van der Waals surface area (Å²) < 4.78 is 0.854. The zero-order chi connectivity index (χ0) is 11.8. The lowest BCUT2D eigenvalue weighted by Gasteiger charge is -1.92. The molecule has 2 heterocycles. The van der Waals surface area contributed by atoms with Gasteiger partial charge in [-0.25, -0.2) is 10.1 Å². The lowest BCUT2D eigenvalue weighted by atomic mass is 10.2. The minimum atomic E-state index is -0.232. The molecule has 0 fully saturated rings. The molecule has 3 rings (SSSR count). The number of hydrogen-bond acceptors (Lipinski definition) is 4. The van der Waals surface area contributed by atoms with Gasteiger partial charge in [0.1, 0.15) is 5.01 Å². The van der Waals surface area contributed by atoms with Crippen molar-refractivity contribution in [3.63, 3.8) is 0 Å². The summed E-state index contributed by atoms with van der Waals surface area (Å²) in [6.45, 7) is 1.87. The van der Waals surface area contributed by atoms with E-state index in [-0.39, 0.29) is 5.56 Å². The van der Waals surface area contributed by atoms with Crippen LogP contribution < -0.4 is 5.56 Å². The molecule has 17 heavy (non-hydrogen) atoms. The highest BCUT2D eigenvalue weighted by Crippen LogP contribution is 2.29. The summed E-state index contributed by atoms with van der Waals surface area (Å²) in [7, 11) is 0. The van der Waals surface area contributed by atoms with Crippen molar-refractivity contribution in [1.82, 2.24) is 15.2 Å². The zero-order valence-corrected chi connectivity index (χ0v) is 9.91. The van der Waals surface area contributed by atoms with Gasteiger partial charge in [-0.1, -0.05) is 30.3 Å². The molecule has 0 bridgehead atoms. The van der Waals surface area contributed by atoms with Crippen LogP contribution in [0.3, 0.4) is 0 Å². The highest BCUT2D eigenvalue weighted by atomic mass is 32.1. The molecule has 0 spiro atoms. The van der Waals surface area contributed by atoms with Crippen molar-refractivity contribution in [3.8, 4) is 10.6 Å². The van der Waals surface area contributed by atoms with Crippen LogP contribution in [0.15, 0.2) is 35.1 Å². The van der Waals surface area contributed by atoms with Crippen molar-refractivity contribution >= 4 is 21.6 Å². The normalized spacial score (nSPS) is 10.9. The number of nitrogens with one attached hydrogen (secondary N) is 1. The highest BCUT2D eigenvalue weighted by Gasteiger charge is 2.11. The van der Waals surface area contributed by atoms with Crippen LogP contribution in [0.5, 0.6) is 0 Å². The Morgan fingerprint density at radius 2 is 2.00 bits per heavy atom. The highest BCUT2D eigenvalue weighted by molar-refractivity contribution is 7.21. The Kier molecular flexibility index (Phi) is 2.26. The number of hydrogen-bond donors (Lipinski definition) is 1. The number of rotatable bonds is 1. The van der Waals surface area contributed by atoms with Crippen LogP contribution in [0.4, 0.5) is 0 Å². The molecule has 4 nitrogen and oxygen atoms in total. The van der Waals surface area contributed by atoms with E-state index < -0.39 is 0 Å². The molecule has 0 aliphatic carbocycles. The predicted octanol–water partition coefficient (Wildman–Crippen LogP) is 2.36. The average Bonchev–Trinajstić information content (AvgIpc) is 2.81. The van der Waals surface area contributed by atoms with Gasteiger partial charge >= 0.3 is 0 Å². The van der Waals surface area contributed by atoms with Crippen LogP contribution >= 0.6 is 11.3 Å². The van der Waals surface area contributed by atoms with Crippen molar-refractivity contribution in [2.75, 3.05) is 0 Å². The Hall–Kier alpha value is -2.01. The second kappa shape index (κ2) is 3.78. The Balaban J connectivity index is 2.31. The molecule has 2 aromatic heterocycles. The van der Waals surface area contributed by atoms with E-state index in [9.17, 15) is 4.79 Å². The summed E-state index contributed by atoms with van der Waals surface area (Å²) >= 11 is 1.50. The van der Waals surface area contributed by atoms with Crippen molar-refractivity contribution in [2.45, 2.75) is 6.92 Å². The van der Waals surface area contributed by atoms with Gasteiger partial charge in [0.15, 0.2) is 5.52 Å². The van der Waals surface area contributed by atoms with Gasteiger partial charge in [-0.3, -0.25) is 4.79 Å². The minimum Gasteiger partial charge on any atom is -0.265 e. The molecular weight excluding hydrogens is 234 g/mol. The topological polar surface area (TPSA) is 58.6 Å². The maximum Gasteiger partial charge on any atom is 0.291 e. The number of benzene rings is 1. The molecule has 3 aromatic rings. The van der Waals surface area contributed by atoms with E-state index in [1.54, 1.807) is 0 Å². The van der Waals surface area contributed by atoms with Gasteiger partial charge in [-0.2, -0.15) is 5.10 Å². The van der Waals surface area contributed by atoms with Crippen molar-refractivity contribution in [1.29, 1.82) is 0 Å². The molecule has 0 aliphatic heterocycles. The van der Waals surface area contributed by atoms with E-state index in [0.29, 0.717) is 5.52 Å². The molecule has 0 saturated heterocycles. The second-order valence-corrected chi connectivity index (χ2v) is 4.70. The number of aromatic amines is 1. The van der Waals surface area contributed by atoms with Gasteiger partial charge < -0.3 is 0 Å². The van der Waals surface area contributed by atoms with Gasteiger partial charge in [-0.15, -0.1) is 11.3 Å². The molecule has 0 atom stereocenters. The molecule has 1 N–H and O–H groups in total. The fourth-order valence-electron chi connectivity index (χ4n) is 1.66. The molecule has 0 unspecified atom stereocenters. The van der Waals surface area contributed by atoms with Gasteiger partial charge in [0, 0.05) is 5.56 Å². The van der Waals surface area contributed by atoms with Gasteiger partial charge in [0.25, 0.3) is 5.56 Å². The van der Waals surface area contributed by atoms with Crippen LogP contribution in [0.1, 0.15) is 5.69 Å². The first kappa shape index (κ1) is 10.2. The van der Waals surface area contributed by atoms with Crippen molar-refractivity contribution in [3.05, 3.63) is 46.4 Å². The molecule has 0 amide bonds. The Labute approximate surface area is 101 Å². The second-order valence-electron chi connectivity index (χ2n) is 3.70. The summed E-state index contributed by atoms with van der Waals surface area (Å²) in [5.41, 5.74) is 2.07. The smallest absolute Gasteiger partial charge is 0.265 e. The Bertz CT molecular complexity index is 730. The third-order valence-corrected chi connectivity index (χ3v) is 3.73. The third kappa shape index (κ3) is 1.64. The lowest BCUT2D eigenvalue weighted by Crippen LogP contribution is -2.08. The molecule has 0 aliphatic rings. The fourth-order valence-corrected chi connectivity index (χ4v) is 2.67. The largest absolute Gasteiger partial charge is 0.291 e. The summed E-state index contributed by atoms with van der Waals surface area (Å²) in [5, 5.41) is 7.24. The first-order valence-electron chi connectivity index (χ1n) is 5.17. The Morgan fingerprint density at radius 3 is 2.71 bits per heavy atom. The van der Waals surface area contributed by atoms with Crippen LogP contribution in [0.2, 0.25) is 0 Å². The predicted molar refractivity (Wildman–Crippen MR) is 68.2 cm³/mol. The van der Waals surface area contributed by atoms with Crippen molar-refractivity contribution in [2.24, 2.45) is 0 Å². The molecule has 5 heteroatoms. The van der Waals surface area contributed by atoms with E-state index >= 15 is 0 Å². The SMILES string of the molecule is Cc1n[nH]c(=O)c2nc(-c3ccccc3)sc12. The zero-order valence-electron chi connectivity index (χ0n) is 9.10. The van der Waals surface area contributed by atoms with Crippen molar-refractivity contribution < 1.29 is 0 Å². The number of thiazole rings is 1. The molecule has 84 valence electrons. The van der Waals surface area contributed by atoms with Crippen LogP contribution in [0.25, 0.3) is 20.8 Å². The Morgan fingerprint density at radius 1 is 1.24 bits per heavy atom. The molecule has 1 aromatic carbocycles. The van der Waals surface area contributed by atoms with Gasteiger partial charge in [0.2, 0.25) is 0 Å². The standard InChI is InChI=1S/C12H9N3OS/c1-7-10-9(11(16)15-14-7)13-12(17-10)8-5-3-2-4-6-8/h2-6H,1H3,(H,15,16). The van der Waals surface area contributed by atoms with E-state index in [4.69, 9.17) is 0 Å². The quantitative estimate of drug-likeness (QED) is 0.713. The summed E-state index contributed by atoms with van der Waals surface area (Å²) in [6, 6.07) is 9.83. The number of fused-ring (bicyclic) bond motifs is 1. The molecular formula is C12H9N3OS. The van der Waals surface area contributed by atoms with Gasteiger partial charge in [-0.05, 0) is 6.92 Å². The maximum absolute atomic E-state index is 11.6. The average molecular weight is 243 g/mol. The monoisotopic (exact) mass is 243 g/mol. The lowest BCUT2D eigenvalue weighted by molar-refractivity contribution is 0.969. The number of aryl methyl sites for hydroxylation is 1. The van der Waals surface area contributed by atoms with E-state index in [1.807, 2.05) is 37.3 Å². The minimum absolute atomic E-state index is 0.232. The first-order valence-corrected chi connectivity index (χ1v) is 5.98. The molecule has 0 radical (unpaired) electrons. The maximum atomic E-state index is 11.6. The van der Waals surface area contributed by atoms with Crippen LogP contribution in [0, 0.1) is 6.92 Å². The van der Waals surface area contributed by atoms with E-state index in [0.717, 1.165) is 21.0 Å². The van der Waals surface area contributed by atoms with Crippen LogP contribution in [-0.2, 0) is 0 Å². The van der Waals surface area contributed by atoms with Crippen LogP contribution in [-0.4, -0.2) is 15.2 Å². The fraction of sp³-hybridized carbons (Fsp3) is 0.0833. The van der Waals surface area contributed by atoms with Gasteiger partial charge in [0.05, 0.1) is 10.4 Å².